The van der Waals surface area contributed by atoms with Gasteiger partial charge < -0.3 is 15.0 Å². The number of hydrogen-bond donors (Lipinski definition) is 1. The molecule has 5 rings (SSSR count). The lowest BCUT2D eigenvalue weighted by molar-refractivity contribution is 0.413. The third-order valence-electron chi connectivity index (χ3n) is 6.32. The quantitative estimate of drug-likeness (QED) is 0.466. The number of benzene rings is 2. The van der Waals surface area contributed by atoms with Gasteiger partial charge in [0.15, 0.2) is 11.2 Å². The van der Waals surface area contributed by atoms with E-state index in [0.717, 1.165) is 17.7 Å². The second-order valence-electron chi connectivity index (χ2n) is 8.33. The van der Waals surface area contributed by atoms with Crippen molar-refractivity contribution in [1.29, 1.82) is 5.26 Å². The molecule has 10 heteroatoms. The van der Waals surface area contributed by atoms with Gasteiger partial charge in [0.25, 0.3) is 5.56 Å². The molecule has 10 nitrogen and oxygen atoms in total. The number of hydrogen-bond acceptors (Lipinski definition) is 7. The first-order chi connectivity index (χ1) is 17.0. The molecule has 0 bridgehead atoms. The van der Waals surface area contributed by atoms with Crippen molar-refractivity contribution in [3.8, 4) is 17.5 Å². The molecule has 1 N–H and O–H groups in total. The van der Waals surface area contributed by atoms with Crippen LogP contribution in [0.4, 0.5) is 5.95 Å². The highest BCUT2D eigenvalue weighted by atomic mass is 16.5. The molecular weight excluding hydrogens is 446 g/mol. The van der Waals surface area contributed by atoms with Crippen molar-refractivity contribution in [3.63, 3.8) is 0 Å². The van der Waals surface area contributed by atoms with Gasteiger partial charge in [0.05, 0.1) is 31.0 Å². The topological polar surface area (TPSA) is 110 Å². The summed E-state index contributed by atoms with van der Waals surface area (Å²) >= 11 is 0. The third kappa shape index (κ3) is 3.76. The number of ether oxygens (including phenoxy) is 1. The van der Waals surface area contributed by atoms with Gasteiger partial charge in [-0.25, -0.2) is 4.79 Å². The van der Waals surface area contributed by atoms with E-state index in [1.165, 1.54) is 4.57 Å². The molecule has 0 spiro atoms. The smallest absolute Gasteiger partial charge is 0.332 e. The van der Waals surface area contributed by atoms with E-state index in [-0.39, 0.29) is 12.1 Å². The number of anilines is 1. The number of fused-ring (bicyclic) bond motifs is 1. The van der Waals surface area contributed by atoms with Gasteiger partial charge in [-0.05, 0) is 23.8 Å². The van der Waals surface area contributed by atoms with Crippen molar-refractivity contribution in [2.24, 2.45) is 7.05 Å². The summed E-state index contributed by atoms with van der Waals surface area (Å²) in [6.07, 6.45) is 0. The van der Waals surface area contributed by atoms with Crippen molar-refractivity contribution in [2.75, 3.05) is 38.2 Å². The Hall–Kier alpha value is -4.36. The van der Waals surface area contributed by atoms with E-state index in [9.17, 15) is 14.9 Å². The molecule has 1 saturated heterocycles. The zero-order valence-corrected chi connectivity index (χ0v) is 19.6. The average molecular weight is 472 g/mol. The number of aryl methyl sites for hydroxylation is 1. The van der Waals surface area contributed by atoms with Gasteiger partial charge in [-0.15, -0.1) is 0 Å². The van der Waals surface area contributed by atoms with Gasteiger partial charge in [0, 0.05) is 33.2 Å². The number of para-hydroxylation sites is 2. The van der Waals surface area contributed by atoms with E-state index in [0.29, 0.717) is 47.2 Å². The van der Waals surface area contributed by atoms with E-state index >= 15 is 0 Å². The predicted molar refractivity (Wildman–Crippen MR) is 132 cm³/mol. The van der Waals surface area contributed by atoms with Crippen molar-refractivity contribution >= 4 is 17.1 Å². The summed E-state index contributed by atoms with van der Waals surface area (Å²) in [4.78, 5) is 34.1. The van der Waals surface area contributed by atoms with Gasteiger partial charge in [-0.3, -0.25) is 18.5 Å². The Balaban J connectivity index is 1.83. The normalized spacial score (nSPS) is 13.7. The average Bonchev–Trinajstić information content (AvgIpc) is 3.31. The van der Waals surface area contributed by atoms with Gasteiger partial charge in [0.2, 0.25) is 5.95 Å². The van der Waals surface area contributed by atoms with Crippen LogP contribution in [0.15, 0.2) is 58.1 Å². The largest absolute Gasteiger partial charge is 0.495 e. The molecule has 1 aliphatic rings. The highest BCUT2D eigenvalue weighted by molar-refractivity contribution is 5.79. The second-order valence-corrected chi connectivity index (χ2v) is 8.33. The summed E-state index contributed by atoms with van der Waals surface area (Å²) in [5, 5.41) is 12.8. The summed E-state index contributed by atoms with van der Waals surface area (Å²) in [6.45, 7) is 2.95. The lowest BCUT2D eigenvalue weighted by Gasteiger charge is -2.29. The standard InChI is InChI=1S/C25H25N7O3/c1-29-22-21(23(33)31(25(29)34)16-18-8-4-3-7-17(18)15-26)32(19-9-5-6-10-20(19)35-2)24(28-22)30-13-11-27-12-14-30/h3-10,27H,11-14,16H2,1-2H3. The van der Waals surface area contributed by atoms with Crippen LogP contribution >= 0.6 is 0 Å². The van der Waals surface area contributed by atoms with Crippen LogP contribution in [-0.2, 0) is 13.6 Å². The molecular formula is C25H25N7O3. The molecule has 35 heavy (non-hydrogen) atoms. The van der Waals surface area contributed by atoms with E-state index in [2.05, 4.69) is 16.3 Å². The first kappa shape index (κ1) is 22.4. The third-order valence-corrected chi connectivity index (χ3v) is 6.32. The Morgan fingerprint density at radius 3 is 2.54 bits per heavy atom. The molecule has 178 valence electrons. The second kappa shape index (κ2) is 9.12. The van der Waals surface area contributed by atoms with Crippen molar-refractivity contribution in [1.82, 2.24) is 24.0 Å². The zero-order valence-electron chi connectivity index (χ0n) is 19.6. The Kier molecular flexibility index (Phi) is 5.84. The minimum atomic E-state index is -0.494. The van der Waals surface area contributed by atoms with Crippen LogP contribution < -0.4 is 26.2 Å². The predicted octanol–water partition coefficient (Wildman–Crippen LogP) is 1.22. The Bertz CT molecular complexity index is 1570. The van der Waals surface area contributed by atoms with Crippen LogP contribution in [0.3, 0.4) is 0 Å². The SMILES string of the molecule is COc1ccccc1-n1c(N2CCNCC2)nc2c1c(=O)n(Cc1ccccc1C#N)c(=O)n2C. The van der Waals surface area contributed by atoms with Crippen molar-refractivity contribution in [2.45, 2.75) is 6.54 Å². The molecule has 2 aromatic carbocycles. The molecule has 4 aromatic rings. The number of imidazole rings is 1. The number of rotatable bonds is 5. The molecule has 0 atom stereocenters. The maximum absolute atomic E-state index is 13.9. The van der Waals surface area contributed by atoms with Gasteiger partial charge in [-0.1, -0.05) is 30.3 Å². The van der Waals surface area contributed by atoms with Gasteiger partial charge in [0.1, 0.15) is 5.75 Å². The molecule has 0 saturated carbocycles. The Morgan fingerprint density at radius 2 is 1.80 bits per heavy atom. The molecule has 2 aromatic heterocycles. The Morgan fingerprint density at radius 1 is 1.09 bits per heavy atom. The van der Waals surface area contributed by atoms with E-state index < -0.39 is 11.2 Å². The number of methoxy groups -OCH3 is 1. The van der Waals surface area contributed by atoms with Gasteiger partial charge in [-0.2, -0.15) is 10.2 Å². The lowest BCUT2D eigenvalue weighted by Crippen LogP contribution is -2.44. The molecule has 0 unspecified atom stereocenters. The van der Waals surface area contributed by atoms with Gasteiger partial charge >= 0.3 is 5.69 Å². The number of aromatic nitrogens is 4. The Labute approximate surface area is 201 Å². The van der Waals surface area contributed by atoms with Crippen LogP contribution in [0, 0.1) is 11.3 Å². The minimum absolute atomic E-state index is 0.0226. The van der Waals surface area contributed by atoms with Crippen LogP contribution in [0.5, 0.6) is 5.75 Å². The van der Waals surface area contributed by atoms with Crippen molar-refractivity contribution in [3.05, 3.63) is 80.5 Å². The van der Waals surface area contributed by atoms with Crippen LogP contribution in [-0.4, -0.2) is 52.0 Å². The van der Waals surface area contributed by atoms with Crippen LogP contribution in [0.2, 0.25) is 0 Å². The maximum Gasteiger partial charge on any atom is 0.332 e. The minimum Gasteiger partial charge on any atom is -0.495 e. The zero-order chi connectivity index (χ0) is 24.5. The first-order valence-corrected chi connectivity index (χ1v) is 11.3. The molecule has 0 radical (unpaired) electrons. The number of nitrogens with zero attached hydrogens (tertiary/aromatic N) is 6. The summed E-state index contributed by atoms with van der Waals surface area (Å²) in [5.74, 6) is 1.16. The molecule has 1 aliphatic heterocycles. The molecule has 3 heterocycles. The van der Waals surface area contributed by atoms with Crippen LogP contribution in [0.1, 0.15) is 11.1 Å². The molecule has 0 aliphatic carbocycles. The van der Waals surface area contributed by atoms with E-state index in [4.69, 9.17) is 9.72 Å². The first-order valence-electron chi connectivity index (χ1n) is 11.3. The summed E-state index contributed by atoms with van der Waals surface area (Å²) in [5.41, 5.74) is 1.28. The molecule has 1 fully saturated rings. The van der Waals surface area contributed by atoms with E-state index in [1.807, 2.05) is 24.3 Å². The fourth-order valence-electron chi connectivity index (χ4n) is 4.51. The fourth-order valence-corrected chi connectivity index (χ4v) is 4.51. The lowest BCUT2D eigenvalue weighted by atomic mass is 10.1. The van der Waals surface area contributed by atoms with Crippen molar-refractivity contribution < 1.29 is 4.74 Å². The highest BCUT2D eigenvalue weighted by Gasteiger charge is 2.26. The maximum atomic E-state index is 13.9. The summed E-state index contributed by atoms with van der Waals surface area (Å²) in [7, 11) is 3.19. The fraction of sp³-hybridized carbons (Fsp3) is 0.280. The van der Waals surface area contributed by atoms with Crippen LogP contribution in [0.25, 0.3) is 16.9 Å². The number of nitrogens with one attached hydrogen (secondary N) is 1. The number of piperazine rings is 1. The summed E-state index contributed by atoms with van der Waals surface area (Å²) in [6, 6.07) is 16.5. The highest BCUT2D eigenvalue weighted by Crippen LogP contribution is 2.30. The molecule has 0 amide bonds. The monoisotopic (exact) mass is 471 g/mol. The number of nitriles is 1. The summed E-state index contributed by atoms with van der Waals surface area (Å²) < 4.78 is 9.96. The van der Waals surface area contributed by atoms with E-state index in [1.54, 1.807) is 43.0 Å².